The van der Waals surface area contributed by atoms with Crippen LogP contribution in [0, 0.1) is 0 Å². The van der Waals surface area contributed by atoms with Crippen LogP contribution in [0.1, 0.15) is 38.8 Å². The van der Waals surface area contributed by atoms with Gasteiger partial charge in [0, 0.05) is 6.54 Å². The molecule has 0 saturated carbocycles. The minimum absolute atomic E-state index is 0.459. The standard InChI is InChI=1S/C11H16N2O2.C2H6/c1-11(2,15-10(13)14)9-5-3-4-8(6-9)7-12;1-2/h3-6H,7,12H2,1-2H3,(H2,13,14);1-2H3. The van der Waals surface area contributed by atoms with Crippen molar-refractivity contribution in [1.82, 2.24) is 0 Å². The second kappa shape index (κ2) is 6.91. The number of hydrogen-bond acceptors (Lipinski definition) is 3. The van der Waals surface area contributed by atoms with Gasteiger partial charge in [0.25, 0.3) is 0 Å². The van der Waals surface area contributed by atoms with Crippen molar-refractivity contribution in [3.8, 4) is 0 Å². The average molecular weight is 238 g/mol. The summed E-state index contributed by atoms with van der Waals surface area (Å²) >= 11 is 0. The highest BCUT2D eigenvalue weighted by atomic mass is 16.6. The Morgan fingerprint density at radius 2 is 1.94 bits per heavy atom. The summed E-state index contributed by atoms with van der Waals surface area (Å²) in [6.07, 6.45) is -0.779. The summed E-state index contributed by atoms with van der Waals surface area (Å²) in [6.45, 7) is 8.03. The highest BCUT2D eigenvalue weighted by Gasteiger charge is 2.24. The fourth-order valence-corrected chi connectivity index (χ4v) is 1.38. The Morgan fingerprint density at radius 1 is 1.35 bits per heavy atom. The van der Waals surface area contributed by atoms with Crippen molar-refractivity contribution in [2.75, 3.05) is 0 Å². The molecule has 17 heavy (non-hydrogen) atoms. The Labute approximate surface area is 103 Å². The van der Waals surface area contributed by atoms with Gasteiger partial charge >= 0.3 is 6.09 Å². The first-order valence-electron chi connectivity index (χ1n) is 5.73. The lowest BCUT2D eigenvalue weighted by atomic mass is 9.96. The molecule has 1 aromatic carbocycles. The van der Waals surface area contributed by atoms with Crippen LogP contribution in [0.2, 0.25) is 0 Å². The van der Waals surface area contributed by atoms with E-state index < -0.39 is 11.7 Å². The van der Waals surface area contributed by atoms with Crippen molar-refractivity contribution < 1.29 is 9.53 Å². The molecule has 0 heterocycles. The molecule has 4 N–H and O–H groups in total. The van der Waals surface area contributed by atoms with E-state index in [1.165, 1.54) is 0 Å². The van der Waals surface area contributed by atoms with Gasteiger partial charge in [-0.15, -0.1) is 0 Å². The first kappa shape index (κ1) is 15.4. The quantitative estimate of drug-likeness (QED) is 0.849. The second-order valence-electron chi connectivity index (χ2n) is 3.84. The van der Waals surface area contributed by atoms with E-state index in [4.69, 9.17) is 16.2 Å². The summed E-state index contributed by atoms with van der Waals surface area (Å²) in [7, 11) is 0. The number of primary amides is 1. The maximum absolute atomic E-state index is 10.7. The zero-order valence-corrected chi connectivity index (χ0v) is 11.0. The molecule has 0 radical (unpaired) electrons. The Morgan fingerprint density at radius 3 is 2.41 bits per heavy atom. The molecule has 0 aliphatic rings. The van der Waals surface area contributed by atoms with Gasteiger partial charge in [0.05, 0.1) is 0 Å². The van der Waals surface area contributed by atoms with Crippen LogP contribution in [0.4, 0.5) is 4.79 Å². The number of rotatable bonds is 3. The second-order valence-corrected chi connectivity index (χ2v) is 3.84. The van der Waals surface area contributed by atoms with E-state index in [-0.39, 0.29) is 0 Å². The number of amides is 1. The molecule has 1 amide bonds. The van der Waals surface area contributed by atoms with Crippen molar-refractivity contribution in [3.05, 3.63) is 35.4 Å². The Bertz CT molecular complexity index is 362. The number of carbonyl (C=O) groups excluding carboxylic acids is 1. The summed E-state index contributed by atoms with van der Waals surface area (Å²) < 4.78 is 5.02. The maximum atomic E-state index is 10.7. The van der Waals surface area contributed by atoms with E-state index in [2.05, 4.69) is 0 Å². The van der Waals surface area contributed by atoms with Crippen molar-refractivity contribution in [3.63, 3.8) is 0 Å². The monoisotopic (exact) mass is 238 g/mol. The van der Waals surface area contributed by atoms with Gasteiger partial charge in [-0.05, 0) is 25.0 Å². The summed E-state index contributed by atoms with van der Waals surface area (Å²) in [5.41, 5.74) is 11.7. The molecule has 0 atom stereocenters. The van der Waals surface area contributed by atoms with Gasteiger partial charge in [0.2, 0.25) is 0 Å². The highest BCUT2D eigenvalue weighted by Crippen LogP contribution is 2.25. The van der Waals surface area contributed by atoms with Crippen LogP contribution < -0.4 is 11.5 Å². The third-order valence-corrected chi connectivity index (χ3v) is 2.21. The Hall–Kier alpha value is -1.55. The zero-order valence-electron chi connectivity index (χ0n) is 11.0. The molecule has 1 aromatic rings. The first-order chi connectivity index (χ1) is 7.95. The molecule has 4 nitrogen and oxygen atoms in total. The molecule has 0 fully saturated rings. The molecule has 0 bridgehead atoms. The van der Waals surface area contributed by atoms with Crippen LogP contribution >= 0.6 is 0 Å². The van der Waals surface area contributed by atoms with Crippen LogP contribution in [0.3, 0.4) is 0 Å². The minimum Gasteiger partial charge on any atom is -0.439 e. The van der Waals surface area contributed by atoms with Gasteiger partial charge < -0.3 is 16.2 Å². The summed E-state index contributed by atoms with van der Waals surface area (Å²) in [5.74, 6) is 0. The fraction of sp³-hybridized carbons (Fsp3) is 0.462. The summed E-state index contributed by atoms with van der Waals surface area (Å²) in [4.78, 5) is 10.7. The molecule has 96 valence electrons. The molecule has 0 unspecified atom stereocenters. The highest BCUT2D eigenvalue weighted by molar-refractivity contribution is 5.65. The van der Waals surface area contributed by atoms with Gasteiger partial charge in [-0.2, -0.15) is 0 Å². The number of carbonyl (C=O) groups is 1. The normalized spacial score (nSPS) is 10.2. The third kappa shape index (κ3) is 4.87. The van der Waals surface area contributed by atoms with Crippen molar-refractivity contribution in [2.24, 2.45) is 11.5 Å². The van der Waals surface area contributed by atoms with Crippen LogP contribution in [0.15, 0.2) is 24.3 Å². The van der Waals surface area contributed by atoms with Gasteiger partial charge in [0.15, 0.2) is 0 Å². The topological polar surface area (TPSA) is 78.3 Å². The number of benzene rings is 1. The Kier molecular flexibility index (Phi) is 6.28. The van der Waals surface area contributed by atoms with E-state index in [0.717, 1.165) is 11.1 Å². The van der Waals surface area contributed by atoms with Crippen LogP contribution in [0.5, 0.6) is 0 Å². The smallest absolute Gasteiger partial charge is 0.405 e. The fourth-order valence-electron chi connectivity index (χ4n) is 1.38. The number of hydrogen-bond donors (Lipinski definition) is 2. The molecule has 0 aliphatic carbocycles. The molecule has 4 heteroatoms. The van der Waals surface area contributed by atoms with Crippen LogP contribution in [-0.2, 0) is 16.9 Å². The summed E-state index contributed by atoms with van der Waals surface area (Å²) in [6, 6.07) is 7.58. The van der Waals surface area contributed by atoms with Crippen molar-refractivity contribution >= 4 is 6.09 Å². The molecular weight excluding hydrogens is 216 g/mol. The average Bonchev–Trinajstić information content (AvgIpc) is 2.30. The van der Waals surface area contributed by atoms with Gasteiger partial charge in [0.1, 0.15) is 5.60 Å². The van der Waals surface area contributed by atoms with E-state index in [1.807, 2.05) is 38.1 Å². The van der Waals surface area contributed by atoms with Crippen LogP contribution in [0.25, 0.3) is 0 Å². The van der Waals surface area contributed by atoms with Gasteiger partial charge in [-0.3, -0.25) is 0 Å². The van der Waals surface area contributed by atoms with Crippen LogP contribution in [-0.4, -0.2) is 6.09 Å². The largest absolute Gasteiger partial charge is 0.439 e. The SMILES string of the molecule is CC.CC(C)(OC(N)=O)c1cccc(CN)c1. The Balaban J connectivity index is 0.00000121. The lowest BCUT2D eigenvalue weighted by Gasteiger charge is -2.24. The predicted octanol–water partition coefficient (Wildman–Crippen LogP) is 2.50. The van der Waals surface area contributed by atoms with Crippen molar-refractivity contribution in [2.45, 2.75) is 39.8 Å². The minimum atomic E-state index is -0.779. The lowest BCUT2D eigenvalue weighted by Crippen LogP contribution is -2.29. The molecular formula is C13H22N2O2. The molecule has 0 spiro atoms. The molecule has 0 aliphatic heterocycles. The van der Waals surface area contributed by atoms with Gasteiger partial charge in [-0.1, -0.05) is 38.1 Å². The number of nitrogens with two attached hydrogens (primary N) is 2. The van der Waals surface area contributed by atoms with Crippen molar-refractivity contribution in [1.29, 1.82) is 0 Å². The third-order valence-electron chi connectivity index (χ3n) is 2.21. The van der Waals surface area contributed by atoms with E-state index in [0.29, 0.717) is 6.54 Å². The van der Waals surface area contributed by atoms with E-state index in [1.54, 1.807) is 13.8 Å². The summed E-state index contributed by atoms with van der Waals surface area (Å²) in [5, 5.41) is 0. The lowest BCUT2D eigenvalue weighted by molar-refractivity contribution is 0.0432. The predicted molar refractivity (Wildman–Crippen MR) is 69.4 cm³/mol. The molecule has 1 rings (SSSR count). The molecule has 0 saturated heterocycles. The van der Waals surface area contributed by atoms with E-state index in [9.17, 15) is 4.79 Å². The first-order valence-corrected chi connectivity index (χ1v) is 5.73. The van der Waals surface area contributed by atoms with Gasteiger partial charge in [-0.25, -0.2) is 4.79 Å². The molecule has 0 aromatic heterocycles. The maximum Gasteiger partial charge on any atom is 0.405 e. The van der Waals surface area contributed by atoms with E-state index >= 15 is 0 Å². The number of ether oxygens (including phenoxy) is 1. The zero-order chi connectivity index (χ0) is 13.5.